The standard InChI is InChI=1S/C17H14FN3O2/c1-11-6-2-3-7-12(11)17(22)19-10-15-20-16(21-23-15)13-8-4-5-9-14(13)18/h2-9H,10H2,1H3,(H,19,22). The van der Waals surface area contributed by atoms with E-state index in [2.05, 4.69) is 15.5 Å². The average Bonchev–Trinajstić information content (AvgIpc) is 3.02. The molecule has 0 aliphatic carbocycles. The number of rotatable bonds is 4. The van der Waals surface area contributed by atoms with Crippen LogP contribution in [0.25, 0.3) is 11.4 Å². The minimum atomic E-state index is -0.427. The molecule has 0 saturated heterocycles. The van der Waals surface area contributed by atoms with Crippen LogP contribution in [0.15, 0.2) is 53.1 Å². The van der Waals surface area contributed by atoms with Gasteiger partial charge in [-0.15, -0.1) is 0 Å². The summed E-state index contributed by atoms with van der Waals surface area (Å²) in [5.41, 5.74) is 1.72. The lowest BCUT2D eigenvalue weighted by molar-refractivity contribution is 0.0945. The maximum atomic E-state index is 13.7. The van der Waals surface area contributed by atoms with Crippen molar-refractivity contribution in [2.24, 2.45) is 0 Å². The zero-order valence-corrected chi connectivity index (χ0v) is 12.4. The fourth-order valence-electron chi connectivity index (χ4n) is 2.16. The molecule has 0 bridgehead atoms. The van der Waals surface area contributed by atoms with Crippen molar-refractivity contribution >= 4 is 5.91 Å². The van der Waals surface area contributed by atoms with Crippen molar-refractivity contribution in [2.75, 3.05) is 0 Å². The molecular formula is C17H14FN3O2. The number of aryl methyl sites for hydroxylation is 1. The van der Waals surface area contributed by atoms with Crippen LogP contribution in [0.1, 0.15) is 21.8 Å². The summed E-state index contributed by atoms with van der Waals surface area (Å²) in [5.74, 6) is -0.286. The van der Waals surface area contributed by atoms with E-state index in [1.165, 1.54) is 6.07 Å². The summed E-state index contributed by atoms with van der Waals surface area (Å²) in [5, 5.41) is 6.44. The third-order valence-corrected chi connectivity index (χ3v) is 3.37. The molecule has 3 aromatic rings. The minimum absolute atomic E-state index is 0.0780. The summed E-state index contributed by atoms with van der Waals surface area (Å²) in [4.78, 5) is 16.2. The molecule has 0 aliphatic heterocycles. The number of aromatic nitrogens is 2. The van der Waals surface area contributed by atoms with Crippen molar-refractivity contribution in [3.8, 4) is 11.4 Å². The van der Waals surface area contributed by atoms with Gasteiger partial charge in [0.2, 0.25) is 11.7 Å². The van der Waals surface area contributed by atoms with Gasteiger partial charge in [-0.2, -0.15) is 4.98 Å². The average molecular weight is 311 g/mol. The summed E-state index contributed by atoms with van der Waals surface area (Å²) in [7, 11) is 0. The molecule has 1 N–H and O–H groups in total. The molecule has 0 saturated carbocycles. The van der Waals surface area contributed by atoms with Crippen molar-refractivity contribution in [2.45, 2.75) is 13.5 Å². The first-order chi connectivity index (χ1) is 11.1. The second-order valence-corrected chi connectivity index (χ2v) is 4.99. The highest BCUT2D eigenvalue weighted by atomic mass is 19.1. The summed E-state index contributed by atoms with van der Waals surface area (Å²) in [6, 6.07) is 13.4. The van der Waals surface area contributed by atoms with E-state index < -0.39 is 5.82 Å². The van der Waals surface area contributed by atoms with E-state index in [0.29, 0.717) is 5.56 Å². The number of nitrogens with one attached hydrogen (secondary N) is 1. The maximum absolute atomic E-state index is 13.7. The molecule has 6 heteroatoms. The van der Waals surface area contributed by atoms with E-state index in [0.717, 1.165) is 5.56 Å². The van der Waals surface area contributed by atoms with Crippen LogP contribution < -0.4 is 5.32 Å². The molecule has 0 radical (unpaired) electrons. The van der Waals surface area contributed by atoms with Crippen LogP contribution >= 0.6 is 0 Å². The second-order valence-electron chi connectivity index (χ2n) is 4.99. The van der Waals surface area contributed by atoms with Crippen molar-refractivity contribution in [1.29, 1.82) is 0 Å². The fraction of sp³-hybridized carbons (Fsp3) is 0.118. The first-order valence-electron chi connectivity index (χ1n) is 7.06. The van der Waals surface area contributed by atoms with Gasteiger partial charge in [0.15, 0.2) is 0 Å². The van der Waals surface area contributed by atoms with Crippen molar-refractivity contribution in [1.82, 2.24) is 15.5 Å². The highest BCUT2D eigenvalue weighted by molar-refractivity contribution is 5.95. The van der Waals surface area contributed by atoms with Crippen LogP contribution in [-0.4, -0.2) is 16.0 Å². The predicted octanol–water partition coefficient (Wildman–Crippen LogP) is 3.11. The van der Waals surface area contributed by atoms with Gasteiger partial charge in [0, 0.05) is 5.56 Å². The Morgan fingerprint density at radius 1 is 1.17 bits per heavy atom. The third kappa shape index (κ3) is 3.26. The summed E-state index contributed by atoms with van der Waals surface area (Å²) >= 11 is 0. The van der Waals surface area contributed by atoms with Gasteiger partial charge in [0.05, 0.1) is 12.1 Å². The first kappa shape index (κ1) is 14.9. The summed E-state index contributed by atoms with van der Waals surface area (Å²) in [6.45, 7) is 1.94. The molecule has 3 rings (SSSR count). The third-order valence-electron chi connectivity index (χ3n) is 3.37. The zero-order chi connectivity index (χ0) is 16.2. The number of halogens is 1. The Hall–Kier alpha value is -3.02. The molecule has 23 heavy (non-hydrogen) atoms. The number of benzene rings is 2. The van der Waals surface area contributed by atoms with E-state index in [4.69, 9.17) is 4.52 Å². The number of hydrogen-bond acceptors (Lipinski definition) is 4. The summed E-state index contributed by atoms with van der Waals surface area (Å²) in [6.07, 6.45) is 0. The largest absolute Gasteiger partial charge is 0.343 e. The van der Waals surface area contributed by atoms with Crippen molar-refractivity contribution in [3.63, 3.8) is 0 Å². The lowest BCUT2D eigenvalue weighted by Crippen LogP contribution is -2.23. The second kappa shape index (κ2) is 6.39. The summed E-state index contributed by atoms with van der Waals surface area (Å²) < 4.78 is 18.7. The molecule has 0 aliphatic rings. The SMILES string of the molecule is Cc1ccccc1C(=O)NCc1nc(-c2ccccc2F)no1. The molecule has 0 fully saturated rings. The minimum Gasteiger partial charge on any atom is -0.343 e. The van der Waals surface area contributed by atoms with Gasteiger partial charge in [-0.25, -0.2) is 4.39 Å². The van der Waals surface area contributed by atoms with Crippen LogP contribution in [0.5, 0.6) is 0 Å². The van der Waals surface area contributed by atoms with Crippen LogP contribution in [0.4, 0.5) is 4.39 Å². The van der Waals surface area contributed by atoms with E-state index in [9.17, 15) is 9.18 Å². The van der Waals surface area contributed by atoms with Gasteiger partial charge in [-0.1, -0.05) is 35.5 Å². The van der Waals surface area contributed by atoms with Gasteiger partial charge in [-0.05, 0) is 30.7 Å². The van der Waals surface area contributed by atoms with Gasteiger partial charge in [0.1, 0.15) is 5.82 Å². The fourth-order valence-corrected chi connectivity index (χ4v) is 2.16. The van der Waals surface area contributed by atoms with Gasteiger partial charge in [0.25, 0.3) is 5.91 Å². The quantitative estimate of drug-likeness (QED) is 0.804. The normalized spacial score (nSPS) is 10.5. The number of nitrogens with zero attached hydrogens (tertiary/aromatic N) is 2. The highest BCUT2D eigenvalue weighted by Crippen LogP contribution is 2.19. The molecule has 0 spiro atoms. The predicted molar refractivity (Wildman–Crippen MR) is 82.0 cm³/mol. The molecule has 2 aromatic carbocycles. The molecule has 0 unspecified atom stereocenters. The highest BCUT2D eigenvalue weighted by Gasteiger charge is 2.14. The van der Waals surface area contributed by atoms with Gasteiger partial charge >= 0.3 is 0 Å². The number of carbonyl (C=O) groups excluding carboxylic acids is 1. The smallest absolute Gasteiger partial charge is 0.251 e. The molecule has 1 amide bonds. The van der Waals surface area contributed by atoms with E-state index in [-0.39, 0.29) is 29.7 Å². The van der Waals surface area contributed by atoms with Crippen LogP contribution in [0, 0.1) is 12.7 Å². The lowest BCUT2D eigenvalue weighted by atomic mass is 10.1. The Morgan fingerprint density at radius 2 is 1.91 bits per heavy atom. The Morgan fingerprint density at radius 3 is 2.70 bits per heavy atom. The van der Waals surface area contributed by atoms with Crippen molar-refractivity contribution < 1.29 is 13.7 Å². The molecule has 1 heterocycles. The van der Waals surface area contributed by atoms with Crippen LogP contribution in [0.2, 0.25) is 0 Å². The first-order valence-corrected chi connectivity index (χ1v) is 7.06. The van der Waals surface area contributed by atoms with Gasteiger partial charge < -0.3 is 9.84 Å². The number of carbonyl (C=O) groups is 1. The molecule has 5 nitrogen and oxygen atoms in total. The molecule has 0 atom stereocenters. The maximum Gasteiger partial charge on any atom is 0.251 e. The van der Waals surface area contributed by atoms with Crippen LogP contribution in [-0.2, 0) is 6.54 Å². The molecular weight excluding hydrogens is 297 g/mol. The number of hydrogen-bond donors (Lipinski definition) is 1. The molecule has 1 aromatic heterocycles. The Bertz CT molecular complexity index is 845. The van der Waals surface area contributed by atoms with Gasteiger partial charge in [-0.3, -0.25) is 4.79 Å². The van der Waals surface area contributed by atoms with E-state index >= 15 is 0 Å². The zero-order valence-electron chi connectivity index (χ0n) is 12.4. The Labute approximate surface area is 132 Å². The van der Waals surface area contributed by atoms with E-state index in [1.807, 2.05) is 19.1 Å². The lowest BCUT2D eigenvalue weighted by Gasteiger charge is -2.04. The monoisotopic (exact) mass is 311 g/mol. The Kier molecular flexibility index (Phi) is 4.14. The van der Waals surface area contributed by atoms with Crippen LogP contribution in [0.3, 0.4) is 0 Å². The number of amides is 1. The molecule has 116 valence electrons. The Balaban J connectivity index is 1.70. The van der Waals surface area contributed by atoms with Crippen molar-refractivity contribution in [3.05, 3.63) is 71.4 Å². The topological polar surface area (TPSA) is 68.0 Å². The van der Waals surface area contributed by atoms with E-state index in [1.54, 1.807) is 30.3 Å².